The number of amides is 2. The second kappa shape index (κ2) is 8.25. The number of urea groups is 1. The molecule has 9 nitrogen and oxygen atoms in total. The van der Waals surface area contributed by atoms with Gasteiger partial charge in [-0.15, -0.1) is 0 Å². The second-order valence-electron chi connectivity index (χ2n) is 9.42. The summed E-state index contributed by atoms with van der Waals surface area (Å²) in [5, 5.41) is 16.2. The monoisotopic (exact) mass is 456 g/mol. The highest BCUT2D eigenvalue weighted by Crippen LogP contribution is 2.34. The Morgan fingerprint density at radius 1 is 1.24 bits per heavy atom. The summed E-state index contributed by atoms with van der Waals surface area (Å²) in [7, 11) is 1.94. The summed E-state index contributed by atoms with van der Waals surface area (Å²) >= 11 is 0. The molecule has 4 aromatic rings. The Morgan fingerprint density at radius 2 is 2.15 bits per heavy atom. The Labute approximate surface area is 197 Å². The molecule has 174 valence electrons. The largest absolute Gasteiger partial charge is 0.322 e. The molecule has 0 spiro atoms. The summed E-state index contributed by atoms with van der Waals surface area (Å²) < 4.78 is 1.84. The van der Waals surface area contributed by atoms with Gasteiger partial charge in [0, 0.05) is 73.0 Å². The molecule has 0 aliphatic carbocycles. The van der Waals surface area contributed by atoms with Crippen LogP contribution in [0.25, 0.3) is 22.2 Å². The van der Waals surface area contributed by atoms with Crippen LogP contribution in [0.5, 0.6) is 0 Å². The van der Waals surface area contributed by atoms with Crippen molar-refractivity contribution in [2.75, 3.05) is 18.4 Å². The zero-order valence-electron chi connectivity index (χ0n) is 19.5. The summed E-state index contributed by atoms with van der Waals surface area (Å²) in [6.07, 6.45) is 7.89. The van der Waals surface area contributed by atoms with Crippen LogP contribution in [0, 0.1) is 6.92 Å². The van der Waals surface area contributed by atoms with Crippen molar-refractivity contribution in [3.63, 3.8) is 0 Å². The van der Waals surface area contributed by atoms with Crippen molar-refractivity contribution in [1.29, 1.82) is 0 Å². The SMILES string of the molecule is Cc1cc(-c2n[nH]c3cc4c(cc23)CN([C@@H]2CCCN(Cc3cnn(C)c3)C2)C(=O)N4)ccn1. The molecule has 0 radical (unpaired) electrons. The molecule has 34 heavy (non-hydrogen) atoms. The zero-order valence-corrected chi connectivity index (χ0v) is 19.5. The van der Waals surface area contributed by atoms with Crippen LogP contribution in [-0.4, -0.2) is 59.9 Å². The van der Waals surface area contributed by atoms with E-state index in [1.54, 1.807) is 0 Å². The number of pyridine rings is 1. The molecule has 2 amide bonds. The highest BCUT2D eigenvalue weighted by molar-refractivity contribution is 6.00. The van der Waals surface area contributed by atoms with Crippen molar-refractivity contribution in [2.45, 2.75) is 38.9 Å². The number of piperidine rings is 1. The molecule has 1 saturated heterocycles. The molecule has 9 heteroatoms. The van der Waals surface area contributed by atoms with Gasteiger partial charge in [0.1, 0.15) is 5.69 Å². The third-order valence-corrected chi connectivity index (χ3v) is 6.89. The lowest BCUT2D eigenvalue weighted by molar-refractivity contribution is 0.108. The van der Waals surface area contributed by atoms with Gasteiger partial charge >= 0.3 is 6.03 Å². The fraction of sp³-hybridized carbons (Fsp3) is 0.360. The fourth-order valence-electron chi connectivity index (χ4n) is 5.25. The van der Waals surface area contributed by atoms with Gasteiger partial charge in [0.2, 0.25) is 0 Å². The van der Waals surface area contributed by atoms with Crippen LogP contribution in [0.4, 0.5) is 10.5 Å². The maximum absolute atomic E-state index is 13.1. The predicted molar refractivity (Wildman–Crippen MR) is 130 cm³/mol. The van der Waals surface area contributed by atoms with E-state index >= 15 is 0 Å². The van der Waals surface area contributed by atoms with Crippen LogP contribution in [-0.2, 0) is 20.1 Å². The van der Waals surface area contributed by atoms with E-state index in [4.69, 9.17) is 0 Å². The lowest BCUT2D eigenvalue weighted by atomic mass is 9.99. The maximum Gasteiger partial charge on any atom is 0.322 e. The van der Waals surface area contributed by atoms with Crippen LogP contribution >= 0.6 is 0 Å². The van der Waals surface area contributed by atoms with Crippen LogP contribution in [0.2, 0.25) is 0 Å². The number of rotatable bonds is 4. The van der Waals surface area contributed by atoms with Gasteiger partial charge in [-0.25, -0.2) is 4.79 Å². The topological polar surface area (TPSA) is 95.0 Å². The molecular weight excluding hydrogens is 428 g/mol. The van der Waals surface area contributed by atoms with E-state index in [0.717, 1.165) is 71.6 Å². The molecule has 1 aromatic carbocycles. The van der Waals surface area contributed by atoms with Crippen molar-refractivity contribution in [3.8, 4) is 11.3 Å². The minimum atomic E-state index is -0.0235. The highest BCUT2D eigenvalue weighted by Gasteiger charge is 2.32. The van der Waals surface area contributed by atoms with E-state index in [2.05, 4.69) is 42.8 Å². The molecule has 2 N–H and O–H groups in total. The van der Waals surface area contributed by atoms with Crippen molar-refractivity contribution >= 4 is 22.6 Å². The Morgan fingerprint density at radius 3 is 2.97 bits per heavy atom. The number of aromatic nitrogens is 5. The first-order valence-corrected chi connectivity index (χ1v) is 11.7. The van der Waals surface area contributed by atoms with Crippen LogP contribution < -0.4 is 5.32 Å². The summed E-state index contributed by atoms with van der Waals surface area (Å²) in [5.74, 6) is 0. The number of fused-ring (bicyclic) bond motifs is 2. The van der Waals surface area contributed by atoms with E-state index in [-0.39, 0.29) is 12.1 Å². The van der Waals surface area contributed by atoms with E-state index in [0.29, 0.717) is 6.54 Å². The smallest absolute Gasteiger partial charge is 0.316 e. The summed E-state index contributed by atoms with van der Waals surface area (Å²) in [4.78, 5) is 21.8. The normalized spacial score (nSPS) is 18.8. The van der Waals surface area contributed by atoms with Crippen molar-refractivity contribution in [3.05, 3.63) is 59.7 Å². The third kappa shape index (κ3) is 3.81. The molecule has 5 heterocycles. The average Bonchev–Trinajstić information content (AvgIpc) is 3.42. The second-order valence-corrected chi connectivity index (χ2v) is 9.42. The number of nitrogens with zero attached hydrogens (tertiary/aromatic N) is 6. The summed E-state index contributed by atoms with van der Waals surface area (Å²) in [6, 6.07) is 8.35. The van der Waals surface area contributed by atoms with E-state index in [1.807, 2.05) is 54.1 Å². The molecule has 0 unspecified atom stereocenters. The number of carbonyl (C=O) groups excluding carboxylic acids is 1. The average molecular weight is 457 g/mol. The Kier molecular flexibility index (Phi) is 5.06. The molecule has 1 fully saturated rings. The van der Waals surface area contributed by atoms with E-state index in [9.17, 15) is 4.79 Å². The number of H-pyrrole nitrogens is 1. The van der Waals surface area contributed by atoms with Gasteiger partial charge in [-0.1, -0.05) is 0 Å². The molecule has 1 atom stereocenters. The minimum absolute atomic E-state index is 0.0235. The lowest BCUT2D eigenvalue weighted by Crippen LogP contribution is -2.52. The van der Waals surface area contributed by atoms with Gasteiger partial charge in [-0.2, -0.15) is 10.2 Å². The maximum atomic E-state index is 13.1. The van der Waals surface area contributed by atoms with Gasteiger partial charge < -0.3 is 10.2 Å². The van der Waals surface area contributed by atoms with Gasteiger partial charge in [0.15, 0.2) is 0 Å². The quantitative estimate of drug-likeness (QED) is 0.489. The molecule has 0 saturated carbocycles. The van der Waals surface area contributed by atoms with Crippen LogP contribution in [0.3, 0.4) is 0 Å². The van der Waals surface area contributed by atoms with Crippen molar-refractivity contribution in [2.24, 2.45) is 7.05 Å². The fourth-order valence-corrected chi connectivity index (χ4v) is 5.25. The third-order valence-electron chi connectivity index (χ3n) is 6.89. The Hall–Kier alpha value is -3.72. The zero-order chi connectivity index (χ0) is 23.2. The predicted octanol–water partition coefficient (Wildman–Crippen LogP) is 3.68. The number of benzene rings is 1. The summed E-state index contributed by atoms with van der Waals surface area (Å²) in [5.41, 5.74) is 7.00. The highest BCUT2D eigenvalue weighted by atomic mass is 16.2. The number of aromatic amines is 1. The molecular formula is C25H28N8O. The first kappa shape index (κ1) is 20.9. The molecule has 6 rings (SSSR count). The van der Waals surface area contributed by atoms with Crippen LogP contribution in [0.15, 0.2) is 42.9 Å². The Balaban J connectivity index is 1.26. The van der Waals surface area contributed by atoms with E-state index < -0.39 is 0 Å². The van der Waals surface area contributed by atoms with Gasteiger partial charge in [0.25, 0.3) is 0 Å². The van der Waals surface area contributed by atoms with Gasteiger partial charge in [0.05, 0.1) is 11.7 Å². The van der Waals surface area contributed by atoms with E-state index in [1.165, 1.54) is 5.56 Å². The number of aryl methyl sites for hydroxylation is 2. The number of likely N-dealkylation sites (tertiary alicyclic amines) is 1. The molecule has 2 aliphatic rings. The lowest BCUT2D eigenvalue weighted by Gasteiger charge is -2.41. The van der Waals surface area contributed by atoms with Gasteiger partial charge in [-0.05, 0) is 56.1 Å². The van der Waals surface area contributed by atoms with Gasteiger partial charge in [-0.3, -0.25) is 19.7 Å². The Bertz CT molecular complexity index is 1370. The van der Waals surface area contributed by atoms with Crippen molar-refractivity contribution < 1.29 is 4.79 Å². The van der Waals surface area contributed by atoms with Crippen molar-refractivity contribution in [1.82, 2.24) is 34.8 Å². The first-order chi connectivity index (χ1) is 16.5. The standard InChI is InChI=1S/C25H28N8O/c1-16-8-18(5-6-26-16)24-21-9-19-14-33(25(34)28-22(19)10-23(21)29-30-24)20-4-3-7-32(15-20)13-17-11-27-31(2)12-17/h5-6,8-12,20H,3-4,7,13-15H2,1-2H3,(H,28,34)(H,29,30)/t20-/m1/s1. The molecule has 0 bridgehead atoms. The number of anilines is 1. The first-order valence-electron chi connectivity index (χ1n) is 11.7. The minimum Gasteiger partial charge on any atom is -0.316 e. The summed E-state index contributed by atoms with van der Waals surface area (Å²) in [6.45, 7) is 5.35. The molecule has 3 aromatic heterocycles. The molecule has 2 aliphatic heterocycles. The number of hydrogen-bond donors (Lipinski definition) is 2. The number of hydrogen-bond acceptors (Lipinski definition) is 5. The number of nitrogens with one attached hydrogen (secondary N) is 2. The number of carbonyl (C=O) groups is 1. The van der Waals surface area contributed by atoms with Crippen LogP contribution in [0.1, 0.15) is 29.7 Å².